The molecule has 5 nitrogen and oxygen atoms in total. The lowest BCUT2D eigenvalue weighted by molar-refractivity contribution is 0.417. The van der Waals surface area contributed by atoms with E-state index in [0.29, 0.717) is 17.3 Å². The summed E-state index contributed by atoms with van der Waals surface area (Å²) in [5.74, 6) is 1.18. The predicted molar refractivity (Wildman–Crippen MR) is 59.4 cm³/mol. The molecule has 0 bridgehead atoms. The highest BCUT2D eigenvalue weighted by atomic mass is 16.5. The summed E-state index contributed by atoms with van der Waals surface area (Å²) in [7, 11) is 1.58. The molecular formula is C10H12N4O. The van der Waals surface area contributed by atoms with Gasteiger partial charge in [-0.3, -0.25) is 5.10 Å². The number of ether oxygens (including phenoxy) is 1. The van der Waals surface area contributed by atoms with Gasteiger partial charge in [0.25, 0.3) is 0 Å². The van der Waals surface area contributed by atoms with Gasteiger partial charge in [0, 0.05) is 5.56 Å². The first kappa shape index (κ1) is 9.39. The van der Waals surface area contributed by atoms with Crippen LogP contribution in [0.15, 0.2) is 24.4 Å². The Hall–Kier alpha value is -2.17. The summed E-state index contributed by atoms with van der Waals surface area (Å²) in [6.07, 6.45) is 1.66. The van der Waals surface area contributed by atoms with E-state index in [1.165, 1.54) is 0 Å². The molecule has 0 fully saturated rings. The monoisotopic (exact) mass is 204 g/mol. The average molecular weight is 204 g/mol. The van der Waals surface area contributed by atoms with Crippen molar-refractivity contribution in [2.24, 2.45) is 0 Å². The minimum Gasteiger partial charge on any atom is -0.495 e. The summed E-state index contributed by atoms with van der Waals surface area (Å²) in [5, 5.41) is 6.52. The Morgan fingerprint density at radius 3 is 2.67 bits per heavy atom. The molecule has 0 radical (unpaired) electrons. The van der Waals surface area contributed by atoms with E-state index in [1.54, 1.807) is 25.4 Å². The van der Waals surface area contributed by atoms with Crippen LogP contribution in [0.1, 0.15) is 0 Å². The zero-order valence-electron chi connectivity index (χ0n) is 8.32. The maximum absolute atomic E-state index is 5.79. The van der Waals surface area contributed by atoms with Crippen LogP contribution in [-0.2, 0) is 0 Å². The van der Waals surface area contributed by atoms with Gasteiger partial charge in [0.15, 0.2) is 0 Å². The van der Waals surface area contributed by atoms with Crippen molar-refractivity contribution in [2.45, 2.75) is 0 Å². The van der Waals surface area contributed by atoms with Crippen LogP contribution in [0.5, 0.6) is 5.75 Å². The van der Waals surface area contributed by atoms with Crippen molar-refractivity contribution < 1.29 is 4.74 Å². The first-order valence-electron chi connectivity index (χ1n) is 4.45. The molecule has 2 aromatic rings. The summed E-state index contributed by atoms with van der Waals surface area (Å²) in [5.41, 5.74) is 13.8. The van der Waals surface area contributed by atoms with Gasteiger partial charge in [-0.1, -0.05) is 6.07 Å². The normalized spacial score (nSPS) is 10.2. The molecule has 0 atom stereocenters. The van der Waals surface area contributed by atoms with Gasteiger partial charge < -0.3 is 16.2 Å². The van der Waals surface area contributed by atoms with E-state index in [2.05, 4.69) is 10.2 Å². The Morgan fingerprint density at radius 1 is 1.33 bits per heavy atom. The molecule has 0 aliphatic heterocycles. The van der Waals surface area contributed by atoms with Crippen LogP contribution in [-0.4, -0.2) is 17.3 Å². The largest absolute Gasteiger partial charge is 0.495 e. The van der Waals surface area contributed by atoms with E-state index in [1.807, 2.05) is 6.07 Å². The highest BCUT2D eigenvalue weighted by Crippen LogP contribution is 2.30. The Balaban J connectivity index is 2.47. The van der Waals surface area contributed by atoms with Crippen molar-refractivity contribution in [3.8, 4) is 16.9 Å². The Morgan fingerprint density at radius 2 is 2.13 bits per heavy atom. The third-order valence-corrected chi connectivity index (χ3v) is 2.21. The van der Waals surface area contributed by atoms with Crippen LogP contribution in [0.3, 0.4) is 0 Å². The fraction of sp³-hybridized carbons (Fsp3) is 0.100. The molecular weight excluding hydrogens is 192 g/mol. The number of hydrogen-bond acceptors (Lipinski definition) is 4. The number of benzene rings is 1. The van der Waals surface area contributed by atoms with Crippen molar-refractivity contribution in [3.63, 3.8) is 0 Å². The third-order valence-electron chi connectivity index (χ3n) is 2.21. The molecule has 0 saturated carbocycles. The molecule has 1 heterocycles. The van der Waals surface area contributed by atoms with Gasteiger partial charge >= 0.3 is 0 Å². The molecule has 78 valence electrons. The van der Waals surface area contributed by atoms with E-state index < -0.39 is 0 Å². The number of nitrogens with zero attached hydrogens (tertiary/aromatic N) is 1. The summed E-state index contributed by atoms with van der Waals surface area (Å²) in [4.78, 5) is 0. The molecule has 15 heavy (non-hydrogen) atoms. The van der Waals surface area contributed by atoms with E-state index in [9.17, 15) is 0 Å². The molecule has 1 aromatic carbocycles. The first-order valence-corrected chi connectivity index (χ1v) is 4.45. The van der Waals surface area contributed by atoms with E-state index in [4.69, 9.17) is 16.2 Å². The lowest BCUT2D eigenvalue weighted by Gasteiger charge is -2.06. The molecule has 2 rings (SSSR count). The number of methoxy groups -OCH3 is 1. The molecule has 0 spiro atoms. The lowest BCUT2D eigenvalue weighted by atomic mass is 10.1. The number of anilines is 2. The first-order chi connectivity index (χ1) is 7.22. The number of nitrogen functional groups attached to an aromatic ring is 2. The Labute approximate surface area is 87.0 Å². The maximum Gasteiger partial charge on any atom is 0.141 e. The summed E-state index contributed by atoms with van der Waals surface area (Å²) in [6, 6.07) is 5.49. The molecule has 5 N–H and O–H groups in total. The van der Waals surface area contributed by atoms with Gasteiger partial charge in [-0.05, 0) is 17.7 Å². The lowest BCUT2D eigenvalue weighted by Crippen LogP contribution is -1.93. The standard InChI is InChI=1S/C10H12N4O/c1-15-9-3-2-6(4-8(9)11)7-5-13-14-10(7)12/h2-5H,11H2,1H3,(H3,12,13,14). The molecule has 5 heteroatoms. The second-order valence-electron chi connectivity index (χ2n) is 3.15. The highest BCUT2D eigenvalue weighted by Gasteiger charge is 2.06. The summed E-state index contributed by atoms with van der Waals surface area (Å²) in [6.45, 7) is 0. The zero-order chi connectivity index (χ0) is 10.8. The van der Waals surface area contributed by atoms with Crippen molar-refractivity contribution in [3.05, 3.63) is 24.4 Å². The van der Waals surface area contributed by atoms with Crippen molar-refractivity contribution >= 4 is 11.5 Å². The number of rotatable bonds is 2. The number of nitrogens with one attached hydrogen (secondary N) is 1. The van der Waals surface area contributed by atoms with Gasteiger partial charge in [-0.2, -0.15) is 5.10 Å². The van der Waals surface area contributed by atoms with Crippen molar-refractivity contribution in [1.82, 2.24) is 10.2 Å². The zero-order valence-corrected chi connectivity index (χ0v) is 8.32. The number of aromatic nitrogens is 2. The van der Waals surface area contributed by atoms with Crippen molar-refractivity contribution in [1.29, 1.82) is 0 Å². The Bertz CT molecular complexity index is 478. The summed E-state index contributed by atoms with van der Waals surface area (Å²) < 4.78 is 5.07. The molecule has 0 unspecified atom stereocenters. The minimum atomic E-state index is 0.527. The van der Waals surface area contributed by atoms with Gasteiger partial charge in [0.2, 0.25) is 0 Å². The van der Waals surface area contributed by atoms with Crippen molar-refractivity contribution in [2.75, 3.05) is 18.6 Å². The second-order valence-corrected chi connectivity index (χ2v) is 3.15. The smallest absolute Gasteiger partial charge is 0.141 e. The van der Waals surface area contributed by atoms with Gasteiger partial charge in [-0.15, -0.1) is 0 Å². The predicted octanol–water partition coefficient (Wildman–Crippen LogP) is 1.25. The van der Waals surface area contributed by atoms with Crippen LogP contribution >= 0.6 is 0 Å². The van der Waals surface area contributed by atoms with Crippen LogP contribution in [0.25, 0.3) is 11.1 Å². The fourth-order valence-electron chi connectivity index (χ4n) is 1.43. The van der Waals surface area contributed by atoms with E-state index >= 15 is 0 Å². The number of aromatic amines is 1. The number of hydrogen-bond donors (Lipinski definition) is 3. The molecule has 1 aromatic heterocycles. The second kappa shape index (κ2) is 3.53. The Kier molecular flexibility index (Phi) is 2.21. The van der Waals surface area contributed by atoms with Gasteiger partial charge in [0.1, 0.15) is 11.6 Å². The quantitative estimate of drug-likeness (QED) is 0.642. The fourth-order valence-corrected chi connectivity index (χ4v) is 1.43. The molecule has 0 saturated heterocycles. The van der Waals surface area contributed by atoms with E-state index in [-0.39, 0.29) is 0 Å². The number of nitrogens with two attached hydrogens (primary N) is 2. The van der Waals surface area contributed by atoms with Gasteiger partial charge in [-0.25, -0.2) is 0 Å². The molecule has 0 aliphatic carbocycles. The van der Waals surface area contributed by atoms with Crippen LogP contribution in [0.4, 0.5) is 11.5 Å². The van der Waals surface area contributed by atoms with Crippen LogP contribution in [0.2, 0.25) is 0 Å². The molecule has 0 aliphatic rings. The summed E-state index contributed by atoms with van der Waals surface area (Å²) >= 11 is 0. The number of H-pyrrole nitrogens is 1. The highest BCUT2D eigenvalue weighted by molar-refractivity contribution is 5.76. The van der Waals surface area contributed by atoms with Crippen LogP contribution < -0.4 is 16.2 Å². The van der Waals surface area contributed by atoms with Crippen LogP contribution in [0, 0.1) is 0 Å². The topological polar surface area (TPSA) is 89.9 Å². The average Bonchev–Trinajstić information content (AvgIpc) is 2.64. The van der Waals surface area contributed by atoms with Gasteiger partial charge in [0.05, 0.1) is 19.0 Å². The maximum atomic E-state index is 5.79. The third kappa shape index (κ3) is 1.59. The SMILES string of the molecule is COc1ccc(-c2cn[nH]c2N)cc1N. The minimum absolute atomic E-state index is 0.527. The van der Waals surface area contributed by atoms with E-state index in [0.717, 1.165) is 11.1 Å². The molecule has 0 amide bonds.